The van der Waals surface area contributed by atoms with Gasteiger partial charge in [0.25, 0.3) is 0 Å². The zero-order chi connectivity index (χ0) is 13.0. The molecule has 18 heavy (non-hydrogen) atoms. The predicted octanol–water partition coefficient (Wildman–Crippen LogP) is 0.729. The predicted molar refractivity (Wildman–Crippen MR) is 70.1 cm³/mol. The lowest BCUT2D eigenvalue weighted by molar-refractivity contribution is -0.103. The molecule has 0 spiro atoms. The zero-order valence-electron chi connectivity index (χ0n) is 10.8. The summed E-state index contributed by atoms with van der Waals surface area (Å²) in [5.74, 6) is 0.547. The van der Waals surface area contributed by atoms with E-state index in [-0.39, 0.29) is 11.6 Å². The third-order valence-corrected chi connectivity index (χ3v) is 3.79. The van der Waals surface area contributed by atoms with Crippen LogP contribution in [0.1, 0.15) is 18.4 Å². The standard InChI is InChI=1S/C13H21N3O2/c1-17-13(4-7-18-8-5-13)11(14)9-10-3-2-6-16-12(10)15/h2-3,6,11H,4-5,7-9,14H2,1H3,(H2,15,16). The quantitative estimate of drug-likeness (QED) is 0.824. The third kappa shape index (κ3) is 2.63. The van der Waals surface area contributed by atoms with Crippen molar-refractivity contribution >= 4 is 5.82 Å². The molecular weight excluding hydrogens is 230 g/mol. The number of nitrogens with zero attached hydrogens (tertiary/aromatic N) is 1. The molecule has 5 nitrogen and oxygen atoms in total. The van der Waals surface area contributed by atoms with E-state index >= 15 is 0 Å². The van der Waals surface area contributed by atoms with Crippen molar-refractivity contribution in [3.63, 3.8) is 0 Å². The van der Waals surface area contributed by atoms with Crippen molar-refractivity contribution in [3.05, 3.63) is 23.9 Å². The van der Waals surface area contributed by atoms with Gasteiger partial charge in [-0.3, -0.25) is 0 Å². The Morgan fingerprint density at radius 1 is 1.50 bits per heavy atom. The molecule has 1 aliphatic rings. The minimum absolute atomic E-state index is 0.0992. The van der Waals surface area contributed by atoms with Crippen LogP contribution in [0.25, 0.3) is 0 Å². The van der Waals surface area contributed by atoms with E-state index in [2.05, 4.69) is 4.98 Å². The molecular formula is C13H21N3O2. The van der Waals surface area contributed by atoms with Crippen LogP contribution in [-0.2, 0) is 15.9 Å². The van der Waals surface area contributed by atoms with Crippen molar-refractivity contribution in [2.75, 3.05) is 26.1 Å². The fourth-order valence-corrected chi connectivity index (χ4v) is 2.49. The molecule has 0 aliphatic carbocycles. The summed E-state index contributed by atoms with van der Waals surface area (Å²) in [5, 5.41) is 0. The number of nitrogen functional groups attached to an aromatic ring is 1. The first-order valence-corrected chi connectivity index (χ1v) is 6.26. The summed E-state index contributed by atoms with van der Waals surface area (Å²) >= 11 is 0. The number of anilines is 1. The highest BCUT2D eigenvalue weighted by Gasteiger charge is 2.38. The Bertz CT molecular complexity index is 392. The second kappa shape index (κ2) is 5.65. The van der Waals surface area contributed by atoms with Gasteiger partial charge in [0.05, 0.1) is 5.60 Å². The van der Waals surface area contributed by atoms with Gasteiger partial charge in [-0.1, -0.05) is 6.07 Å². The fourth-order valence-electron chi connectivity index (χ4n) is 2.49. The Labute approximate surface area is 107 Å². The average Bonchev–Trinajstić information content (AvgIpc) is 2.42. The molecule has 0 aromatic carbocycles. The van der Waals surface area contributed by atoms with Crippen LogP contribution in [0.5, 0.6) is 0 Å². The number of pyridine rings is 1. The van der Waals surface area contributed by atoms with Gasteiger partial charge >= 0.3 is 0 Å². The summed E-state index contributed by atoms with van der Waals surface area (Å²) in [6, 6.07) is 3.74. The minimum atomic E-state index is -0.305. The van der Waals surface area contributed by atoms with E-state index < -0.39 is 0 Å². The van der Waals surface area contributed by atoms with E-state index in [1.54, 1.807) is 13.3 Å². The summed E-state index contributed by atoms with van der Waals surface area (Å²) in [6.07, 6.45) is 4.01. The van der Waals surface area contributed by atoms with Crippen LogP contribution in [0, 0.1) is 0 Å². The Kier molecular flexibility index (Phi) is 4.16. The molecule has 0 bridgehead atoms. The summed E-state index contributed by atoms with van der Waals surface area (Å²) in [7, 11) is 1.72. The minimum Gasteiger partial charge on any atom is -0.383 e. The van der Waals surface area contributed by atoms with E-state index in [0.29, 0.717) is 25.5 Å². The van der Waals surface area contributed by atoms with Crippen LogP contribution in [0.4, 0.5) is 5.82 Å². The Morgan fingerprint density at radius 2 is 2.22 bits per heavy atom. The molecule has 5 heteroatoms. The van der Waals surface area contributed by atoms with Crippen LogP contribution < -0.4 is 11.5 Å². The van der Waals surface area contributed by atoms with Gasteiger partial charge in [-0.15, -0.1) is 0 Å². The number of hydrogen-bond acceptors (Lipinski definition) is 5. The van der Waals surface area contributed by atoms with Crippen LogP contribution in [0.3, 0.4) is 0 Å². The summed E-state index contributed by atoms with van der Waals surface area (Å²) < 4.78 is 11.1. The first kappa shape index (κ1) is 13.3. The lowest BCUT2D eigenvalue weighted by Gasteiger charge is -2.40. The Morgan fingerprint density at radius 3 is 2.83 bits per heavy atom. The first-order valence-electron chi connectivity index (χ1n) is 6.26. The second-order valence-electron chi connectivity index (χ2n) is 4.74. The molecule has 1 atom stereocenters. The summed E-state index contributed by atoms with van der Waals surface area (Å²) in [4.78, 5) is 4.08. The molecule has 100 valence electrons. The number of aromatic nitrogens is 1. The molecule has 1 aliphatic heterocycles. The third-order valence-electron chi connectivity index (χ3n) is 3.79. The smallest absolute Gasteiger partial charge is 0.126 e. The number of methoxy groups -OCH3 is 1. The van der Waals surface area contributed by atoms with Gasteiger partial charge < -0.3 is 20.9 Å². The molecule has 2 heterocycles. The van der Waals surface area contributed by atoms with Gasteiger partial charge in [0, 0.05) is 45.4 Å². The van der Waals surface area contributed by atoms with Gasteiger partial charge in [-0.05, 0) is 18.1 Å². The molecule has 1 aromatic rings. The Hall–Kier alpha value is -1.17. The van der Waals surface area contributed by atoms with Crippen LogP contribution in [-0.4, -0.2) is 37.0 Å². The molecule has 0 saturated carbocycles. The molecule has 2 rings (SSSR count). The van der Waals surface area contributed by atoms with E-state index in [0.717, 1.165) is 18.4 Å². The van der Waals surface area contributed by atoms with Crippen LogP contribution in [0.15, 0.2) is 18.3 Å². The Balaban J connectivity index is 2.10. The maximum absolute atomic E-state index is 6.33. The molecule has 0 amide bonds. The highest BCUT2D eigenvalue weighted by Crippen LogP contribution is 2.29. The maximum Gasteiger partial charge on any atom is 0.126 e. The molecule has 4 N–H and O–H groups in total. The number of ether oxygens (including phenoxy) is 2. The van der Waals surface area contributed by atoms with E-state index in [4.69, 9.17) is 20.9 Å². The van der Waals surface area contributed by atoms with Crippen molar-refractivity contribution < 1.29 is 9.47 Å². The summed E-state index contributed by atoms with van der Waals surface area (Å²) in [5.41, 5.74) is 12.9. The molecule has 1 saturated heterocycles. The highest BCUT2D eigenvalue weighted by molar-refractivity contribution is 5.39. The van der Waals surface area contributed by atoms with E-state index in [1.807, 2.05) is 12.1 Å². The van der Waals surface area contributed by atoms with Crippen molar-refractivity contribution in [1.29, 1.82) is 0 Å². The van der Waals surface area contributed by atoms with E-state index in [9.17, 15) is 0 Å². The maximum atomic E-state index is 6.33. The number of nitrogens with two attached hydrogens (primary N) is 2. The molecule has 1 unspecified atom stereocenters. The van der Waals surface area contributed by atoms with Crippen molar-refractivity contribution in [1.82, 2.24) is 4.98 Å². The lowest BCUT2D eigenvalue weighted by atomic mass is 9.83. The van der Waals surface area contributed by atoms with Gasteiger partial charge in [-0.25, -0.2) is 4.98 Å². The van der Waals surface area contributed by atoms with Crippen molar-refractivity contribution in [2.24, 2.45) is 5.73 Å². The number of hydrogen-bond donors (Lipinski definition) is 2. The number of rotatable bonds is 4. The lowest BCUT2D eigenvalue weighted by Crippen LogP contribution is -2.54. The van der Waals surface area contributed by atoms with E-state index in [1.165, 1.54) is 0 Å². The highest BCUT2D eigenvalue weighted by atomic mass is 16.5. The zero-order valence-corrected chi connectivity index (χ0v) is 10.8. The molecule has 1 fully saturated rings. The SMILES string of the molecule is COC1(C(N)Cc2cccnc2N)CCOCC1. The van der Waals surface area contributed by atoms with Gasteiger partial charge in [0.2, 0.25) is 0 Å². The van der Waals surface area contributed by atoms with Crippen LogP contribution in [0.2, 0.25) is 0 Å². The molecule has 1 aromatic heterocycles. The van der Waals surface area contributed by atoms with Crippen LogP contribution >= 0.6 is 0 Å². The first-order chi connectivity index (χ1) is 8.68. The topological polar surface area (TPSA) is 83.4 Å². The van der Waals surface area contributed by atoms with Crippen molar-refractivity contribution in [3.8, 4) is 0 Å². The van der Waals surface area contributed by atoms with Gasteiger partial charge in [0.15, 0.2) is 0 Å². The monoisotopic (exact) mass is 251 g/mol. The summed E-state index contributed by atoms with van der Waals surface area (Å²) in [6.45, 7) is 1.40. The van der Waals surface area contributed by atoms with Gasteiger partial charge in [0.1, 0.15) is 5.82 Å². The average molecular weight is 251 g/mol. The van der Waals surface area contributed by atoms with Gasteiger partial charge in [-0.2, -0.15) is 0 Å². The molecule has 0 radical (unpaired) electrons. The second-order valence-corrected chi connectivity index (χ2v) is 4.74. The van der Waals surface area contributed by atoms with Crippen molar-refractivity contribution in [2.45, 2.75) is 30.9 Å². The fraction of sp³-hybridized carbons (Fsp3) is 0.615. The normalized spacial score (nSPS) is 20.6. The largest absolute Gasteiger partial charge is 0.383 e.